The van der Waals surface area contributed by atoms with E-state index in [1.54, 1.807) is 6.07 Å². The van der Waals surface area contributed by atoms with Gasteiger partial charge in [-0.25, -0.2) is 4.39 Å². The number of guanidine groups is 1. The van der Waals surface area contributed by atoms with Gasteiger partial charge in [0.1, 0.15) is 0 Å². The quantitative estimate of drug-likeness (QED) is 0.792. The van der Waals surface area contributed by atoms with Gasteiger partial charge in [0, 0.05) is 6.54 Å². The van der Waals surface area contributed by atoms with Crippen molar-refractivity contribution in [3.8, 4) is 5.75 Å². The van der Waals surface area contributed by atoms with Crippen molar-refractivity contribution in [2.24, 2.45) is 10.7 Å². The van der Waals surface area contributed by atoms with Crippen LogP contribution < -0.4 is 5.73 Å². The molecule has 5 heteroatoms. The zero-order chi connectivity index (χ0) is 11.7. The highest BCUT2D eigenvalue weighted by atomic mass is 19.1. The van der Waals surface area contributed by atoms with Crippen LogP contribution in [0.4, 0.5) is 4.39 Å². The van der Waals surface area contributed by atoms with Crippen LogP contribution in [-0.4, -0.2) is 29.1 Å². The lowest BCUT2D eigenvalue weighted by Crippen LogP contribution is -2.35. The molecular weight excluding hydrogens is 209 g/mol. The molecule has 0 bridgehead atoms. The Bertz CT molecular complexity index is 433. The highest BCUT2D eigenvalue weighted by molar-refractivity contribution is 5.80. The van der Waals surface area contributed by atoms with Gasteiger partial charge < -0.3 is 15.7 Å². The number of phenols is 1. The minimum atomic E-state index is -0.612. The maximum atomic E-state index is 13.2. The van der Waals surface area contributed by atoms with E-state index < -0.39 is 5.82 Å². The van der Waals surface area contributed by atoms with Crippen LogP contribution in [0.3, 0.4) is 0 Å². The molecule has 0 aromatic heterocycles. The molecule has 0 saturated carbocycles. The standard InChI is InChI=1S/C11H14FN3O/c1-2-15-9(6-14-11(15)13)7-3-4-10(16)8(12)5-7/h3-5,9,16H,2,6H2,1H3,(H2,13,14). The molecule has 1 atom stereocenters. The van der Waals surface area contributed by atoms with Crippen molar-refractivity contribution < 1.29 is 9.50 Å². The zero-order valence-electron chi connectivity index (χ0n) is 9.02. The number of phenolic OH excluding ortho intramolecular Hbond substituents is 1. The molecule has 0 aliphatic carbocycles. The van der Waals surface area contributed by atoms with Gasteiger partial charge in [0.25, 0.3) is 0 Å². The predicted molar refractivity (Wildman–Crippen MR) is 59.7 cm³/mol. The molecule has 1 aliphatic rings. The van der Waals surface area contributed by atoms with Crippen LogP contribution in [-0.2, 0) is 0 Å². The molecule has 0 saturated heterocycles. The van der Waals surface area contributed by atoms with Crippen molar-refractivity contribution in [1.82, 2.24) is 4.90 Å². The number of hydrogen-bond donors (Lipinski definition) is 2. The van der Waals surface area contributed by atoms with E-state index in [4.69, 9.17) is 10.8 Å². The normalized spacial score (nSPS) is 20.0. The first-order chi connectivity index (χ1) is 7.63. The molecule has 16 heavy (non-hydrogen) atoms. The number of aromatic hydroxyl groups is 1. The molecule has 2 rings (SSSR count). The fourth-order valence-corrected chi connectivity index (χ4v) is 1.93. The Morgan fingerprint density at radius 1 is 1.62 bits per heavy atom. The molecule has 1 aromatic carbocycles. The third-order valence-electron chi connectivity index (χ3n) is 2.79. The minimum Gasteiger partial charge on any atom is -0.505 e. The van der Waals surface area contributed by atoms with Crippen molar-refractivity contribution in [3.63, 3.8) is 0 Å². The Morgan fingerprint density at radius 2 is 2.38 bits per heavy atom. The van der Waals surface area contributed by atoms with Crippen molar-refractivity contribution >= 4 is 5.96 Å². The summed E-state index contributed by atoms with van der Waals surface area (Å²) in [6.45, 7) is 3.23. The second-order valence-corrected chi connectivity index (χ2v) is 3.71. The maximum Gasteiger partial charge on any atom is 0.191 e. The van der Waals surface area contributed by atoms with Crippen LogP contribution in [0.5, 0.6) is 5.75 Å². The molecule has 3 N–H and O–H groups in total. The minimum absolute atomic E-state index is 0.0277. The van der Waals surface area contributed by atoms with Gasteiger partial charge in [0.15, 0.2) is 17.5 Å². The Morgan fingerprint density at radius 3 is 3.00 bits per heavy atom. The summed E-state index contributed by atoms with van der Waals surface area (Å²) in [5, 5.41) is 9.12. The number of aliphatic imine (C=N–C) groups is 1. The number of hydrogen-bond acceptors (Lipinski definition) is 4. The molecule has 0 radical (unpaired) electrons. The summed E-state index contributed by atoms with van der Waals surface area (Å²) in [4.78, 5) is 6.04. The van der Waals surface area contributed by atoms with E-state index in [-0.39, 0.29) is 11.8 Å². The molecular formula is C11H14FN3O. The van der Waals surface area contributed by atoms with E-state index >= 15 is 0 Å². The first-order valence-electron chi connectivity index (χ1n) is 5.18. The third-order valence-corrected chi connectivity index (χ3v) is 2.79. The smallest absolute Gasteiger partial charge is 0.191 e. The summed E-state index contributed by atoms with van der Waals surface area (Å²) in [7, 11) is 0. The van der Waals surface area contributed by atoms with Crippen LogP contribution in [0.2, 0.25) is 0 Å². The maximum absolute atomic E-state index is 13.2. The van der Waals surface area contributed by atoms with Gasteiger partial charge in [-0.15, -0.1) is 0 Å². The topological polar surface area (TPSA) is 61.8 Å². The van der Waals surface area contributed by atoms with Gasteiger partial charge in [-0.05, 0) is 24.6 Å². The van der Waals surface area contributed by atoms with Crippen molar-refractivity contribution in [2.45, 2.75) is 13.0 Å². The fraction of sp³-hybridized carbons (Fsp3) is 0.364. The van der Waals surface area contributed by atoms with E-state index in [0.717, 1.165) is 12.1 Å². The van der Waals surface area contributed by atoms with Crippen LogP contribution in [0.15, 0.2) is 23.2 Å². The molecule has 1 aromatic rings. The molecule has 0 fully saturated rings. The molecule has 0 spiro atoms. The van der Waals surface area contributed by atoms with E-state index in [1.165, 1.54) is 12.1 Å². The van der Waals surface area contributed by atoms with Crippen LogP contribution in [0.1, 0.15) is 18.5 Å². The average molecular weight is 223 g/mol. The van der Waals surface area contributed by atoms with Gasteiger partial charge in [-0.1, -0.05) is 6.07 Å². The lowest BCUT2D eigenvalue weighted by Gasteiger charge is -2.24. The molecule has 1 unspecified atom stereocenters. The Kier molecular flexibility index (Phi) is 2.68. The summed E-state index contributed by atoms with van der Waals surface area (Å²) in [6.07, 6.45) is 0. The van der Waals surface area contributed by atoms with Crippen molar-refractivity contribution in [1.29, 1.82) is 0 Å². The monoisotopic (exact) mass is 223 g/mol. The van der Waals surface area contributed by atoms with Crippen LogP contribution in [0, 0.1) is 5.82 Å². The summed E-state index contributed by atoms with van der Waals surface area (Å²) in [5.41, 5.74) is 6.50. The molecule has 4 nitrogen and oxygen atoms in total. The molecule has 1 aliphatic heterocycles. The SMILES string of the molecule is CCN1C(N)=NCC1c1ccc(O)c(F)c1. The Balaban J connectivity index is 2.28. The Hall–Kier alpha value is -1.78. The van der Waals surface area contributed by atoms with Gasteiger partial charge in [0.2, 0.25) is 0 Å². The summed E-state index contributed by atoms with van der Waals surface area (Å²) >= 11 is 0. The number of halogens is 1. The number of likely N-dealkylation sites (N-methyl/N-ethyl adjacent to an activating group) is 1. The predicted octanol–water partition coefficient (Wildman–Crippen LogP) is 1.22. The summed E-state index contributed by atoms with van der Waals surface area (Å²) in [5.74, 6) is -0.460. The number of benzene rings is 1. The van der Waals surface area contributed by atoms with Gasteiger partial charge in [0.05, 0.1) is 12.6 Å². The van der Waals surface area contributed by atoms with Crippen LogP contribution in [0.25, 0.3) is 0 Å². The average Bonchev–Trinajstić information content (AvgIpc) is 2.63. The molecule has 1 heterocycles. The molecule has 86 valence electrons. The van der Waals surface area contributed by atoms with Gasteiger partial charge in [-0.2, -0.15) is 0 Å². The number of rotatable bonds is 2. The second-order valence-electron chi connectivity index (χ2n) is 3.71. The van der Waals surface area contributed by atoms with Gasteiger partial charge >= 0.3 is 0 Å². The first kappa shape index (κ1) is 10.7. The van der Waals surface area contributed by atoms with Gasteiger partial charge in [-0.3, -0.25) is 4.99 Å². The number of nitrogens with two attached hydrogens (primary N) is 1. The van der Waals surface area contributed by atoms with E-state index in [9.17, 15) is 4.39 Å². The van der Waals surface area contributed by atoms with Crippen molar-refractivity contribution in [3.05, 3.63) is 29.6 Å². The lowest BCUT2D eigenvalue weighted by molar-refractivity contribution is 0.361. The largest absolute Gasteiger partial charge is 0.505 e. The summed E-state index contributed by atoms with van der Waals surface area (Å²) in [6, 6.07) is 4.35. The zero-order valence-corrected chi connectivity index (χ0v) is 9.02. The highest BCUT2D eigenvalue weighted by Gasteiger charge is 2.26. The number of nitrogens with zero attached hydrogens (tertiary/aromatic N) is 2. The highest BCUT2D eigenvalue weighted by Crippen LogP contribution is 2.27. The second kappa shape index (κ2) is 4.00. The van der Waals surface area contributed by atoms with E-state index in [0.29, 0.717) is 12.5 Å². The summed E-state index contributed by atoms with van der Waals surface area (Å²) < 4.78 is 13.2. The van der Waals surface area contributed by atoms with E-state index in [2.05, 4.69) is 4.99 Å². The molecule has 0 amide bonds. The third kappa shape index (κ3) is 1.68. The van der Waals surface area contributed by atoms with Crippen LogP contribution >= 0.6 is 0 Å². The van der Waals surface area contributed by atoms with E-state index in [1.807, 2.05) is 11.8 Å². The van der Waals surface area contributed by atoms with Crippen molar-refractivity contribution in [2.75, 3.05) is 13.1 Å². The fourth-order valence-electron chi connectivity index (χ4n) is 1.93. The first-order valence-corrected chi connectivity index (χ1v) is 5.18. The Labute approximate surface area is 93.2 Å². The lowest BCUT2D eigenvalue weighted by atomic mass is 10.1.